The molecule has 2 rings (SSSR count). The van der Waals surface area contributed by atoms with Gasteiger partial charge in [0.1, 0.15) is 0 Å². The number of rotatable bonds is 8. The number of carbonyl (C=O) groups excluding carboxylic acids is 2. The molecular weight excluding hydrogens is 328 g/mol. The number of amides is 2. The van der Waals surface area contributed by atoms with Gasteiger partial charge in [0.05, 0.1) is 12.3 Å². The van der Waals surface area contributed by atoms with Gasteiger partial charge in [0.25, 0.3) is 0 Å². The number of hydrogen-bond acceptors (Lipinski definition) is 6. The maximum Gasteiger partial charge on any atom is 0.246 e. The first-order valence-corrected chi connectivity index (χ1v) is 9.82. The van der Waals surface area contributed by atoms with Crippen molar-refractivity contribution in [2.75, 3.05) is 13.3 Å². The molecule has 1 N–H and O–H groups in total. The van der Waals surface area contributed by atoms with E-state index in [0.29, 0.717) is 23.5 Å². The Morgan fingerprint density at radius 3 is 2.75 bits per heavy atom. The number of carbonyl (C=O) groups is 2. The lowest BCUT2D eigenvalue weighted by atomic mass is 9.94. The van der Waals surface area contributed by atoms with Crippen LogP contribution in [0.3, 0.4) is 0 Å². The molecule has 7 nitrogen and oxygen atoms in total. The van der Waals surface area contributed by atoms with Crippen molar-refractivity contribution in [3.63, 3.8) is 0 Å². The van der Waals surface area contributed by atoms with Crippen molar-refractivity contribution in [3.8, 4) is 0 Å². The maximum atomic E-state index is 12.2. The smallest absolute Gasteiger partial charge is 0.246 e. The molecule has 1 aliphatic rings. The third-order valence-electron chi connectivity index (χ3n) is 4.30. The van der Waals surface area contributed by atoms with Gasteiger partial charge in [-0.2, -0.15) is 16.7 Å². The largest absolute Gasteiger partial charge is 0.347 e. The fourth-order valence-electron chi connectivity index (χ4n) is 2.88. The summed E-state index contributed by atoms with van der Waals surface area (Å²) in [5.41, 5.74) is 0. The van der Waals surface area contributed by atoms with Gasteiger partial charge in [-0.05, 0) is 19.1 Å². The first-order chi connectivity index (χ1) is 11.6. The average molecular weight is 354 g/mol. The van der Waals surface area contributed by atoms with Crippen LogP contribution in [-0.2, 0) is 21.9 Å². The number of nitrogens with zero attached hydrogens (tertiary/aromatic N) is 3. The van der Waals surface area contributed by atoms with Crippen LogP contribution >= 0.6 is 11.8 Å². The molecule has 1 aromatic heterocycles. The van der Waals surface area contributed by atoms with Crippen LogP contribution in [0.25, 0.3) is 0 Å². The van der Waals surface area contributed by atoms with Crippen LogP contribution in [-0.4, -0.2) is 46.2 Å². The van der Waals surface area contributed by atoms with E-state index in [4.69, 9.17) is 4.52 Å². The predicted octanol–water partition coefficient (Wildman–Crippen LogP) is 2.12. The van der Waals surface area contributed by atoms with E-state index in [1.54, 1.807) is 11.8 Å². The van der Waals surface area contributed by atoms with Crippen LogP contribution in [0.5, 0.6) is 0 Å². The van der Waals surface area contributed by atoms with Crippen molar-refractivity contribution in [2.24, 2.45) is 0 Å². The molecule has 1 heterocycles. The molecule has 1 aliphatic carbocycles. The summed E-state index contributed by atoms with van der Waals surface area (Å²) in [7, 11) is 1.85. The quantitative estimate of drug-likeness (QED) is 0.769. The molecule has 8 heteroatoms. The van der Waals surface area contributed by atoms with Gasteiger partial charge in [-0.25, -0.2) is 0 Å². The minimum atomic E-state index is -0.176. The number of hydrogen-bond donors (Lipinski definition) is 1. The van der Waals surface area contributed by atoms with Gasteiger partial charge in [0.2, 0.25) is 17.7 Å². The lowest BCUT2D eigenvalue weighted by Crippen LogP contribution is -2.38. The summed E-state index contributed by atoms with van der Waals surface area (Å²) in [5.74, 6) is 1.55. The molecule has 0 atom stereocenters. The molecule has 0 spiro atoms. The van der Waals surface area contributed by atoms with E-state index < -0.39 is 0 Å². The first kappa shape index (κ1) is 18.8. The third-order valence-corrected chi connectivity index (χ3v) is 4.85. The standard InChI is InChI=1S/C16H26N4O3S/c1-20(12-6-4-3-5-7-12)16(22)9-8-14(21)17-10-15-18-13(11-24-2)19-23-15/h12H,3-11H2,1-2H3,(H,17,21). The summed E-state index contributed by atoms with van der Waals surface area (Å²) >= 11 is 1.60. The van der Waals surface area contributed by atoms with Gasteiger partial charge in [-0.3, -0.25) is 9.59 Å². The monoisotopic (exact) mass is 354 g/mol. The van der Waals surface area contributed by atoms with E-state index in [2.05, 4.69) is 15.5 Å². The highest BCUT2D eigenvalue weighted by Crippen LogP contribution is 2.22. The molecule has 1 saturated carbocycles. The zero-order chi connectivity index (χ0) is 17.4. The molecule has 0 saturated heterocycles. The molecular formula is C16H26N4O3S. The summed E-state index contributed by atoms with van der Waals surface area (Å²) < 4.78 is 5.05. The van der Waals surface area contributed by atoms with Gasteiger partial charge in [-0.15, -0.1) is 0 Å². The van der Waals surface area contributed by atoms with Crippen molar-refractivity contribution in [1.82, 2.24) is 20.4 Å². The Morgan fingerprint density at radius 1 is 1.29 bits per heavy atom. The second-order valence-electron chi connectivity index (χ2n) is 6.11. The number of aromatic nitrogens is 2. The topological polar surface area (TPSA) is 88.3 Å². The zero-order valence-electron chi connectivity index (χ0n) is 14.4. The fourth-order valence-corrected chi connectivity index (χ4v) is 3.26. The Labute approximate surface area is 146 Å². The van der Waals surface area contributed by atoms with Crippen LogP contribution in [0.1, 0.15) is 56.7 Å². The Balaban J connectivity index is 1.67. The van der Waals surface area contributed by atoms with Gasteiger partial charge in [0.15, 0.2) is 5.82 Å². The molecule has 0 aliphatic heterocycles. The number of thioether (sulfide) groups is 1. The highest BCUT2D eigenvalue weighted by Gasteiger charge is 2.22. The summed E-state index contributed by atoms with van der Waals surface area (Å²) in [6.45, 7) is 0.201. The second-order valence-corrected chi connectivity index (χ2v) is 6.98. The van der Waals surface area contributed by atoms with Crippen LogP contribution in [0.15, 0.2) is 4.52 Å². The van der Waals surface area contributed by atoms with E-state index in [-0.39, 0.29) is 31.2 Å². The number of nitrogens with one attached hydrogen (secondary N) is 1. The molecule has 2 amide bonds. The lowest BCUT2D eigenvalue weighted by molar-refractivity contribution is -0.134. The molecule has 0 unspecified atom stereocenters. The van der Waals surface area contributed by atoms with Gasteiger partial charge >= 0.3 is 0 Å². The van der Waals surface area contributed by atoms with Crippen LogP contribution in [0.2, 0.25) is 0 Å². The minimum Gasteiger partial charge on any atom is -0.347 e. The SMILES string of the molecule is CSCc1noc(CNC(=O)CCC(=O)N(C)C2CCCCC2)n1. The molecule has 1 aromatic rings. The summed E-state index contributed by atoms with van der Waals surface area (Å²) in [6.07, 6.45) is 8.15. The molecule has 0 bridgehead atoms. The molecule has 1 fully saturated rings. The van der Waals surface area contributed by atoms with Crippen LogP contribution in [0, 0.1) is 0 Å². The van der Waals surface area contributed by atoms with Crippen molar-refractivity contribution in [3.05, 3.63) is 11.7 Å². The van der Waals surface area contributed by atoms with E-state index in [9.17, 15) is 9.59 Å². The molecule has 0 aromatic carbocycles. The summed E-state index contributed by atoms with van der Waals surface area (Å²) in [5, 5.41) is 6.53. The Bertz CT molecular complexity index is 543. The van der Waals surface area contributed by atoms with Crippen molar-refractivity contribution < 1.29 is 14.1 Å². The minimum absolute atomic E-state index is 0.0390. The lowest BCUT2D eigenvalue weighted by Gasteiger charge is -2.31. The highest BCUT2D eigenvalue weighted by atomic mass is 32.2. The van der Waals surface area contributed by atoms with Gasteiger partial charge in [0, 0.05) is 25.9 Å². The van der Waals surface area contributed by atoms with Crippen molar-refractivity contribution >= 4 is 23.6 Å². The Kier molecular flexibility index (Phi) is 7.55. The predicted molar refractivity (Wildman–Crippen MR) is 92.2 cm³/mol. The summed E-state index contributed by atoms with van der Waals surface area (Å²) in [6, 6.07) is 0.336. The van der Waals surface area contributed by atoms with Gasteiger partial charge in [-0.1, -0.05) is 24.4 Å². The maximum absolute atomic E-state index is 12.2. The summed E-state index contributed by atoms with van der Waals surface area (Å²) in [4.78, 5) is 30.1. The first-order valence-electron chi connectivity index (χ1n) is 8.43. The third kappa shape index (κ3) is 5.81. The van der Waals surface area contributed by atoms with E-state index in [0.717, 1.165) is 12.8 Å². The van der Waals surface area contributed by atoms with Crippen LogP contribution < -0.4 is 5.32 Å². The Morgan fingerprint density at radius 2 is 2.04 bits per heavy atom. The fraction of sp³-hybridized carbons (Fsp3) is 0.750. The average Bonchev–Trinajstić information content (AvgIpc) is 3.06. The normalized spacial score (nSPS) is 15.2. The van der Waals surface area contributed by atoms with E-state index >= 15 is 0 Å². The molecule has 24 heavy (non-hydrogen) atoms. The van der Waals surface area contributed by atoms with Crippen molar-refractivity contribution in [2.45, 2.75) is 63.3 Å². The van der Waals surface area contributed by atoms with E-state index in [1.807, 2.05) is 18.2 Å². The Hall–Kier alpha value is -1.57. The van der Waals surface area contributed by atoms with E-state index in [1.165, 1.54) is 19.3 Å². The van der Waals surface area contributed by atoms with Crippen molar-refractivity contribution in [1.29, 1.82) is 0 Å². The molecule has 0 radical (unpaired) electrons. The molecule has 134 valence electrons. The zero-order valence-corrected chi connectivity index (χ0v) is 15.2. The van der Waals surface area contributed by atoms with Crippen LogP contribution in [0.4, 0.5) is 0 Å². The van der Waals surface area contributed by atoms with Gasteiger partial charge < -0.3 is 14.7 Å². The highest BCUT2D eigenvalue weighted by molar-refractivity contribution is 7.97. The second kappa shape index (κ2) is 9.66.